The highest BCUT2D eigenvalue weighted by molar-refractivity contribution is 5.97. The molecule has 0 aromatic heterocycles. The van der Waals surface area contributed by atoms with Gasteiger partial charge in [0.1, 0.15) is 11.2 Å². The zero-order valence-electron chi connectivity index (χ0n) is 10.9. The average Bonchev–Trinajstić information content (AvgIpc) is 2.90. The first-order chi connectivity index (χ1) is 9.78. The minimum Gasteiger partial charge on any atom is -0.322 e. The molecule has 7 heteroatoms. The molecule has 1 N–H and O–H groups in total. The standard InChI is InChI=1S/C14H12F4N2O/c15-10-4-3-9(14(16,17)18)7-11(10)20-12(21)13(8-19)5-1-2-6-13/h3-4,7H,1-2,5-6H2,(H,20,21). The zero-order chi connectivity index (χ0) is 15.7. The Hall–Kier alpha value is -2.10. The normalized spacial score (nSPS) is 17.3. The van der Waals surface area contributed by atoms with Gasteiger partial charge in [-0.1, -0.05) is 12.8 Å². The molecule has 0 aliphatic heterocycles. The number of alkyl halides is 3. The molecule has 0 radical (unpaired) electrons. The van der Waals surface area contributed by atoms with E-state index in [0.29, 0.717) is 43.9 Å². The highest BCUT2D eigenvalue weighted by Gasteiger charge is 2.42. The molecule has 1 saturated carbocycles. The Bertz CT molecular complexity index is 598. The van der Waals surface area contributed by atoms with E-state index in [1.54, 1.807) is 0 Å². The maximum absolute atomic E-state index is 13.6. The van der Waals surface area contributed by atoms with Crippen LogP contribution >= 0.6 is 0 Å². The van der Waals surface area contributed by atoms with Gasteiger partial charge in [-0.25, -0.2) is 4.39 Å². The number of benzene rings is 1. The highest BCUT2D eigenvalue weighted by atomic mass is 19.4. The lowest BCUT2D eigenvalue weighted by Crippen LogP contribution is -2.32. The Balaban J connectivity index is 2.27. The number of rotatable bonds is 2. The van der Waals surface area contributed by atoms with Crippen molar-refractivity contribution in [1.82, 2.24) is 0 Å². The van der Waals surface area contributed by atoms with E-state index in [2.05, 4.69) is 5.32 Å². The molecular weight excluding hydrogens is 288 g/mol. The Morgan fingerprint density at radius 3 is 2.43 bits per heavy atom. The maximum atomic E-state index is 13.6. The van der Waals surface area contributed by atoms with Crippen molar-refractivity contribution in [3.63, 3.8) is 0 Å². The molecule has 112 valence electrons. The molecule has 0 saturated heterocycles. The first-order valence-electron chi connectivity index (χ1n) is 6.38. The lowest BCUT2D eigenvalue weighted by molar-refractivity contribution is -0.137. The van der Waals surface area contributed by atoms with E-state index < -0.39 is 34.6 Å². The molecule has 0 heterocycles. The summed E-state index contributed by atoms with van der Waals surface area (Å²) in [7, 11) is 0. The van der Waals surface area contributed by atoms with Gasteiger partial charge in [0, 0.05) is 0 Å². The van der Waals surface area contributed by atoms with Crippen LogP contribution in [0.5, 0.6) is 0 Å². The zero-order valence-corrected chi connectivity index (χ0v) is 10.9. The summed E-state index contributed by atoms with van der Waals surface area (Å²) >= 11 is 0. The van der Waals surface area contributed by atoms with Crippen molar-refractivity contribution < 1.29 is 22.4 Å². The number of anilines is 1. The van der Waals surface area contributed by atoms with Crippen LogP contribution in [0, 0.1) is 22.6 Å². The summed E-state index contributed by atoms with van der Waals surface area (Å²) in [6.45, 7) is 0. The minimum atomic E-state index is -4.63. The van der Waals surface area contributed by atoms with Crippen LogP contribution in [-0.2, 0) is 11.0 Å². The quantitative estimate of drug-likeness (QED) is 0.843. The monoisotopic (exact) mass is 300 g/mol. The van der Waals surface area contributed by atoms with E-state index in [9.17, 15) is 22.4 Å². The topological polar surface area (TPSA) is 52.9 Å². The van der Waals surface area contributed by atoms with Gasteiger partial charge in [0.15, 0.2) is 0 Å². The molecule has 1 aliphatic carbocycles. The fourth-order valence-electron chi connectivity index (χ4n) is 2.41. The van der Waals surface area contributed by atoms with E-state index in [1.165, 1.54) is 0 Å². The summed E-state index contributed by atoms with van der Waals surface area (Å²) in [5.74, 6) is -1.72. The summed E-state index contributed by atoms with van der Waals surface area (Å²) in [4.78, 5) is 12.1. The van der Waals surface area contributed by atoms with Gasteiger partial charge in [-0.2, -0.15) is 18.4 Å². The lowest BCUT2D eigenvalue weighted by Gasteiger charge is -2.20. The number of carbonyl (C=O) groups is 1. The Morgan fingerprint density at radius 2 is 1.90 bits per heavy atom. The second-order valence-corrected chi connectivity index (χ2v) is 5.05. The van der Waals surface area contributed by atoms with Crippen molar-refractivity contribution >= 4 is 11.6 Å². The SMILES string of the molecule is N#CC1(C(=O)Nc2cc(C(F)(F)F)ccc2F)CCCC1. The van der Waals surface area contributed by atoms with Crippen LogP contribution in [0.4, 0.5) is 23.2 Å². The minimum absolute atomic E-state index is 0.329. The molecule has 1 aliphatic rings. The van der Waals surface area contributed by atoms with Gasteiger partial charge in [0.05, 0.1) is 17.3 Å². The highest BCUT2D eigenvalue weighted by Crippen LogP contribution is 2.39. The molecule has 0 spiro atoms. The Morgan fingerprint density at radius 1 is 1.29 bits per heavy atom. The van der Waals surface area contributed by atoms with Gasteiger partial charge < -0.3 is 5.32 Å². The lowest BCUT2D eigenvalue weighted by atomic mass is 9.87. The van der Waals surface area contributed by atoms with Crippen LogP contribution < -0.4 is 5.32 Å². The van der Waals surface area contributed by atoms with Crippen LogP contribution in [0.25, 0.3) is 0 Å². The van der Waals surface area contributed by atoms with Crippen LogP contribution in [0.15, 0.2) is 18.2 Å². The predicted octanol–water partition coefficient (Wildman–Crippen LogP) is 3.87. The van der Waals surface area contributed by atoms with E-state index in [-0.39, 0.29) is 0 Å². The molecular formula is C14H12F4N2O. The molecule has 0 bridgehead atoms. The summed E-state index contributed by atoms with van der Waals surface area (Å²) in [5.41, 5.74) is -2.89. The molecule has 0 unspecified atom stereocenters. The van der Waals surface area contributed by atoms with E-state index in [1.807, 2.05) is 6.07 Å². The second-order valence-electron chi connectivity index (χ2n) is 5.05. The number of carbonyl (C=O) groups excluding carboxylic acids is 1. The van der Waals surface area contributed by atoms with Gasteiger partial charge in [-0.3, -0.25) is 4.79 Å². The molecule has 1 fully saturated rings. The van der Waals surface area contributed by atoms with Crippen molar-refractivity contribution in [2.45, 2.75) is 31.9 Å². The van der Waals surface area contributed by atoms with Crippen LogP contribution in [0.1, 0.15) is 31.2 Å². The van der Waals surface area contributed by atoms with Crippen molar-refractivity contribution in [3.8, 4) is 6.07 Å². The largest absolute Gasteiger partial charge is 0.416 e. The van der Waals surface area contributed by atoms with Gasteiger partial charge in [0.2, 0.25) is 5.91 Å². The van der Waals surface area contributed by atoms with Crippen molar-refractivity contribution in [2.75, 3.05) is 5.32 Å². The van der Waals surface area contributed by atoms with E-state index in [4.69, 9.17) is 5.26 Å². The number of hydrogen-bond acceptors (Lipinski definition) is 2. The third-order valence-electron chi connectivity index (χ3n) is 3.65. The van der Waals surface area contributed by atoms with Gasteiger partial charge >= 0.3 is 6.18 Å². The summed E-state index contributed by atoms with van der Waals surface area (Å²) < 4.78 is 51.3. The smallest absolute Gasteiger partial charge is 0.322 e. The van der Waals surface area contributed by atoms with Crippen molar-refractivity contribution in [1.29, 1.82) is 5.26 Å². The maximum Gasteiger partial charge on any atom is 0.416 e. The third-order valence-corrected chi connectivity index (χ3v) is 3.65. The Labute approximate surface area is 118 Å². The van der Waals surface area contributed by atoms with Gasteiger partial charge in [-0.15, -0.1) is 0 Å². The van der Waals surface area contributed by atoms with Gasteiger partial charge in [-0.05, 0) is 31.0 Å². The second kappa shape index (κ2) is 5.35. The van der Waals surface area contributed by atoms with E-state index >= 15 is 0 Å². The molecule has 1 aromatic rings. The number of nitrogens with zero attached hydrogens (tertiary/aromatic N) is 1. The molecule has 1 aromatic carbocycles. The molecule has 2 rings (SSSR count). The van der Waals surface area contributed by atoms with Crippen LogP contribution in [0.2, 0.25) is 0 Å². The first-order valence-corrected chi connectivity index (χ1v) is 6.38. The molecule has 0 atom stereocenters. The summed E-state index contributed by atoms with van der Waals surface area (Å²) in [6.07, 6.45) is -2.60. The number of amides is 1. The molecule has 3 nitrogen and oxygen atoms in total. The average molecular weight is 300 g/mol. The number of halogens is 4. The Kier molecular flexibility index (Phi) is 3.90. The number of nitriles is 1. The fraction of sp³-hybridized carbons (Fsp3) is 0.429. The number of nitrogens with one attached hydrogen (secondary N) is 1. The number of hydrogen-bond donors (Lipinski definition) is 1. The summed E-state index contributed by atoms with van der Waals surface area (Å²) in [5, 5.41) is 11.3. The third kappa shape index (κ3) is 2.99. The van der Waals surface area contributed by atoms with Crippen molar-refractivity contribution in [2.24, 2.45) is 5.41 Å². The fourth-order valence-corrected chi connectivity index (χ4v) is 2.41. The van der Waals surface area contributed by atoms with Crippen LogP contribution in [0.3, 0.4) is 0 Å². The van der Waals surface area contributed by atoms with Crippen molar-refractivity contribution in [3.05, 3.63) is 29.6 Å². The first kappa shape index (κ1) is 15.3. The summed E-state index contributed by atoms with van der Waals surface area (Å²) in [6, 6.07) is 3.68. The van der Waals surface area contributed by atoms with Gasteiger partial charge in [0.25, 0.3) is 0 Å². The van der Waals surface area contributed by atoms with Crippen LogP contribution in [-0.4, -0.2) is 5.91 Å². The van der Waals surface area contributed by atoms with E-state index in [0.717, 1.165) is 0 Å². The molecule has 1 amide bonds. The predicted molar refractivity (Wildman–Crippen MR) is 66.5 cm³/mol. The molecule has 21 heavy (non-hydrogen) atoms.